The molecule has 2 aromatic heterocycles. The Labute approximate surface area is 72.0 Å². The first-order valence-electron chi connectivity index (χ1n) is 3.61. The van der Waals surface area contributed by atoms with Crippen LogP contribution in [0.5, 0.6) is 0 Å². The highest BCUT2D eigenvalue weighted by Crippen LogP contribution is 2.14. The van der Waals surface area contributed by atoms with E-state index in [1.807, 2.05) is 0 Å². The summed E-state index contributed by atoms with van der Waals surface area (Å²) in [4.78, 5) is 26.6. The van der Waals surface area contributed by atoms with E-state index in [1.54, 1.807) is 0 Å². The Morgan fingerprint density at radius 2 is 2.08 bits per heavy atom. The summed E-state index contributed by atoms with van der Waals surface area (Å²) in [6, 6.07) is 1.32. The minimum Gasteiger partial charge on any atom is -0.478 e. The van der Waals surface area contributed by atoms with Gasteiger partial charge in [0, 0.05) is 23.8 Å². The fourth-order valence-corrected chi connectivity index (χ4v) is 1.22. The standard InChI is InChI=1S/C8H6N2O3/c11-7-1-6-4(2-10-7)5(3-9-6)8(12)13/h1-3,9H,(H,10,11)(H,12,13). The average molecular weight is 178 g/mol. The van der Waals surface area contributed by atoms with Crippen LogP contribution in [0.1, 0.15) is 10.4 Å². The molecule has 0 aliphatic heterocycles. The number of fused-ring (bicyclic) bond motifs is 1. The second-order valence-corrected chi connectivity index (χ2v) is 2.63. The summed E-state index contributed by atoms with van der Waals surface area (Å²) in [5.41, 5.74) is 0.429. The van der Waals surface area contributed by atoms with Gasteiger partial charge in [-0.15, -0.1) is 0 Å². The van der Waals surface area contributed by atoms with Crippen LogP contribution in [0.4, 0.5) is 0 Å². The van der Waals surface area contributed by atoms with Crippen LogP contribution in [-0.2, 0) is 0 Å². The third-order valence-electron chi connectivity index (χ3n) is 1.82. The summed E-state index contributed by atoms with van der Waals surface area (Å²) < 4.78 is 0. The second kappa shape index (κ2) is 2.48. The smallest absolute Gasteiger partial charge is 0.337 e. The fraction of sp³-hybridized carbons (Fsp3) is 0. The number of carboxylic acids is 1. The van der Waals surface area contributed by atoms with E-state index >= 15 is 0 Å². The zero-order chi connectivity index (χ0) is 9.42. The molecule has 0 aromatic carbocycles. The minimum absolute atomic E-state index is 0.159. The Bertz CT molecular complexity index is 523. The van der Waals surface area contributed by atoms with Crippen LogP contribution in [0.25, 0.3) is 10.9 Å². The topological polar surface area (TPSA) is 85.9 Å². The number of hydrogen-bond donors (Lipinski definition) is 3. The summed E-state index contributed by atoms with van der Waals surface area (Å²) in [5, 5.41) is 9.24. The van der Waals surface area contributed by atoms with Gasteiger partial charge < -0.3 is 15.1 Å². The Balaban J connectivity index is 2.83. The summed E-state index contributed by atoms with van der Waals surface area (Å²) in [5.74, 6) is -1.02. The number of aromatic amines is 2. The lowest BCUT2D eigenvalue weighted by atomic mass is 10.2. The molecule has 5 nitrogen and oxygen atoms in total. The van der Waals surface area contributed by atoms with Crippen molar-refractivity contribution >= 4 is 16.9 Å². The molecular formula is C8H6N2O3. The lowest BCUT2D eigenvalue weighted by molar-refractivity contribution is 0.0699. The normalized spacial score (nSPS) is 10.5. The molecule has 0 spiro atoms. The van der Waals surface area contributed by atoms with Crippen LogP contribution in [-0.4, -0.2) is 21.0 Å². The maximum Gasteiger partial charge on any atom is 0.337 e. The van der Waals surface area contributed by atoms with Crippen molar-refractivity contribution in [3.8, 4) is 0 Å². The monoisotopic (exact) mass is 178 g/mol. The summed E-state index contributed by atoms with van der Waals surface area (Å²) in [7, 11) is 0. The first-order chi connectivity index (χ1) is 6.18. The largest absolute Gasteiger partial charge is 0.478 e. The zero-order valence-electron chi connectivity index (χ0n) is 6.50. The second-order valence-electron chi connectivity index (χ2n) is 2.63. The molecule has 0 saturated heterocycles. The molecule has 0 amide bonds. The van der Waals surface area contributed by atoms with E-state index in [4.69, 9.17) is 5.11 Å². The van der Waals surface area contributed by atoms with Gasteiger partial charge >= 0.3 is 5.97 Å². The SMILES string of the molecule is O=C(O)c1c[nH]c2cc(=O)[nH]cc12. The molecule has 0 radical (unpaired) electrons. The average Bonchev–Trinajstić information content (AvgIpc) is 2.46. The van der Waals surface area contributed by atoms with Crippen molar-refractivity contribution in [3.05, 3.63) is 34.4 Å². The highest BCUT2D eigenvalue weighted by atomic mass is 16.4. The van der Waals surface area contributed by atoms with Crippen LogP contribution in [0.2, 0.25) is 0 Å². The predicted molar refractivity (Wildman–Crippen MR) is 45.9 cm³/mol. The van der Waals surface area contributed by atoms with Gasteiger partial charge in [-0.1, -0.05) is 0 Å². The van der Waals surface area contributed by atoms with Gasteiger partial charge in [-0.25, -0.2) is 4.79 Å². The zero-order valence-corrected chi connectivity index (χ0v) is 6.50. The van der Waals surface area contributed by atoms with Crippen molar-refractivity contribution in [2.75, 3.05) is 0 Å². The first kappa shape index (κ1) is 7.60. The van der Waals surface area contributed by atoms with E-state index < -0.39 is 5.97 Å². The Morgan fingerprint density at radius 3 is 2.77 bits per heavy atom. The molecule has 2 rings (SSSR count). The van der Waals surface area contributed by atoms with Crippen LogP contribution >= 0.6 is 0 Å². The molecule has 0 unspecified atom stereocenters. The van der Waals surface area contributed by atoms with Crippen molar-refractivity contribution in [3.63, 3.8) is 0 Å². The van der Waals surface area contributed by atoms with Crippen LogP contribution < -0.4 is 5.56 Å². The van der Waals surface area contributed by atoms with Gasteiger partial charge in [-0.3, -0.25) is 4.79 Å². The first-order valence-corrected chi connectivity index (χ1v) is 3.61. The van der Waals surface area contributed by atoms with E-state index in [1.165, 1.54) is 18.5 Å². The number of pyridine rings is 1. The molecular weight excluding hydrogens is 172 g/mol. The molecule has 0 aliphatic rings. The van der Waals surface area contributed by atoms with Crippen molar-refractivity contribution < 1.29 is 9.90 Å². The molecule has 66 valence electrons. The van der Waals surface area contributed by atoms with Gasteiger partial charge in [-0.2, -0.15) is 0 Å². The molecule has 5 heteroatoms. The lowest BCUT2D eigenvalue weighted by Crippen LogP contribution is -2.02. The Hall–Kier alpha value is -2.04. The lowest BCUT2D eigenvalue weighted by Gasteiger charge is -1.89. The van der Waals surface area contributed by atoms with E-state index in [0.29, 0.717) is 10.9 Å². The number of H-pyrrole nitrogens is 2. The molecule has 0 aliphatic carbocycles. The molecule has 0 saturated carbocycles. The maximum absolute atomic E-state index is 10.8. The van der Waals surface area contributed by atoms with Gasteiger partial charge in [0.25, 0.3) is 0 Å². The number of aromatic carboxylic acids is 1. The molecule has 2 aromatic rings. The van der Waals surface area contributed by atoms with Gasteiger partial charge in [0.2, 0.25) is 5.56 Å². The number of carboxylic acid groups (broad SMARTS) is 1. The molecule has 0 bridgehead atoms. The number of hydrogen-bond acceptors (Lipinski definition) is 2. The molecule has 0 atom stereocenters. The van der Waals surface area contributed by atoms with E-state index in [0.717, 1.165) is 0 Å². The highest BCUT2D eigenvalue weighted by molar-refractivity contribution is 6.02. The van der Waals surface area contributed by atoms with Gasteiger partial charge in [0.05, 0.1) is 11.1 Å². The number of rotatable bonds is 1. The third kappa shape index (κ3) is 1.10. The van der Waals surface area contributed by atoms with Crippen LogP contribution in [0.15, 0.2) is 23.3 Å². The Kier molecular flexibility index (Phi) is 1.45. The highest BCUT2D eigenvalue weighted by Gasteiger charge is 2.09. The van der Waals surface area contributed by atoms with Gasteiger partial charge in [0.1, 0.15) is 0 Å². The van der Waals surface area contributed by atoms with E-state index in [2.05, 4.69) is 9.97 Å². The summed E-state index contributed by atoms with van der Waals surface area (Å²) in [6.07, 6.45) is 2.75. The van der Waals surface area contributed by atoms with Crippen molar-refractivity contribution in [2.24, 2.45) is 0 Å². The van der Waals surface area contributed by atoms with E-state index in [9.17, 15) is 9.59 Å². The maximum atomic E-state index is 10.8. The van der Waals surface area contributed by atoms with Crippen LogP contribution in [0, 0.1) is 0 Å². The van der Waals surface area contributed by atoms with Crippen molar-refractivity contribution in [1.82, 2.24) is 9.97 Å². The molecule has 13 heavy (non-hydrogen) atoms. The van der Waals surface area contributed by atoms with E-state index in [-0.39, 0.29) is 11.1 Å². The quantitative estimate of drug-likeness (QED) is 0.596. The predicted octanol–water partition coefficient (Wildman–Crippen LogP) is 0.554. The van der Waals surface area contributed by atoms with Gasteiger partial charge in [0.15, 0.2) is 0 Å². The molecule has 3 N–H and O–H groups in total. The van der Waals surface area contributed by atoms with Crippen molar-refractivity contribution in [2.45, 2.75) is 0 Å². The van der Waals surface area contributed by atoms with Gasteiger partial charge in [-0.05, 0) is 0 Å². The fourth-order valence-electron chi connectivity index (χ4n) is 1.22. The third-order valence-corrected chi connectivity index (χ3v) is 1.82. The number of aromatic nitrogens is 2. The van der Waals surface area contributed by atoms with Crippen molar-refractivity contribution in [1.29, 1.82) is 0 Å². The molecule has 2 heterocycles. The summed E-state index contributed by atoms with van der Waals surface area (Å²) in [6.45, 7) is 0. The Morgan fingerprint density at radius 1 is 1.31 bits per heavy atom. The molecule has 0 fully saturated rings. The van der Waals surface area contributed by atoms with Crippen LogP contribution in [0.3, 0.4) is 0 Å². The summed E-state index contributed by atoms with van der Waals surface area (Å²) >= 11 is 0. The minimum atomic E-state index is -1.02. The number of nitrogens with one attached hydrogen (secondary N) is 2. The number of carbonyl (C=O) groups is 1.